The second kappa shape index (κ2) is 6.60. The van der Waals surface area contributed by atoms with Gasteiger partial charge >= 0.3 is 5.76 Å². The van der Waals surface area contributed by atoms with Gasteiger partial charge in [-0.1, -0.05) is 42.5 Å². The summed E-state index contributed by atoms with van der Waals surface area (Å²) >= 11 is 0. The zero-order chi connectivity index (χ0) is 17.9. The molecule has 0 radical (unpaired) electrons. The van der Waals surface area contributed by atoms with E-state index in [0.29, 0.717) is 17.1 Å². The molecule has 4 N–H and O–H groups in total. The fourth-order valence-electron chi connectivity index (χ4n) is 2.73. The Bertz CT molecular complexity index is 1100. The van der Waals surface area contributed by atoms with E-state index in [2.05, 4.69) is 44.2 Å². The van der Waals surface area contributed by atoms with Crippen LogP contribution in [0.15, 0.2) is 82.1 Å². The van der Waals surface area contributed by atoms with Gasteiger partial charge in [0.2, 0.25) is 0 Å². The predicted octanol–water partition coefficient (Wildman–Crippen LogP) is 4.02. The van der Waals surface area contributed by atoms with Gasteiger partial charge in [-0.25, -0.2) is 4.79 Å². The van der Waals surface area contributed by atoms with Gasteiger partial charge in [0.25, 0.3) is 0 Å². The molecule has 0 atom stereocenters. The molecule has 1 heterocycles. The molecule has 0 aliphatic carbocycles. The highest BCUT2D eigenvalue weighted by atomic mass is 16.5. The highest BCUT2D eigenvalue weighted by Gasteiger charge is 2.08. The van der Waals surface area contributed by atoms with Crippen LogP contribution in [0.1, 0.15) is 0 Å². The Morgan fingerprint density at radius 1 is 0.885 bits per heavy atom. The molecule has 6 nitrogen and oxygen atoms in total. The Morgan fingerprint density at radius 2 is 1.69 bits per heavy atom. The molecule has 0 unspecified atom stereocenters. The van der Waals surface area contributed by atoms with Crippen molar-refractivity contribution in [2.75, 3.05) is 11.1 Å². The van der Waals surface area contributed by atoms with Crippen LogP contribution in [0.2, 0.25) is 0 Å². The van der Waals surface area contributed by atoms with E-state index in [1.165, 1.54) is 0 Å². The fraction of sp³-hybridized carbons (Fsp3) is 0. The first-order valence-electron chi connectivity index (χ1n) is 8.07. The topological polar surface area (TPSA) is 96.9 Å². The van der Waals surface area contributed by atoms with Gasteiger partial charge < -0.3 is 15.6 Å². The molecule has 128 valence electrons. The van der Waals surface area contributed by atoms with Crippen molar-refractivity contribution in [1.29, 1.82) is 0 Å². The van der Waals surface area contributed by atoms with Crippen LogP contribution in [0.3, 0.4) is 0 Å². The molecule has 0 aliphatic rings. The monoisotopic (exact) mass is 344 g/mol. The smallest absolute Gasteiger partial charge is 0.397 e. The van der Waals surface area contributed by atoms with Gasteiger partial charge in [0.15, 0.2) is 5.82 Å². The molecule has 3 aromatic carbocycles. The number of nitrogen functional groups attached to an aromatic ring is 1. The van der Waals surface area contributed by atoms with Crippen LogP contribution in [-0.4, -0.2) is 10.1 Å². The number of hydrogen-bond acceptors (Lipinski definition) is 5. The molecule has 0 amide bonds. The summed E-state index contributed by atoms with van der Waals surface area (Å²) in [7, 11) is 0. The van der Waals surface area contributed by atoms with Crippen molar-refractivity contribution in [3.05, 3.63) is 83.3 Å². The highest BCUT2D eigenvalue weighted by molar-refractivity contribution is 5.79. The fourth-order valence-corrected chi connectivity index (χ4v) is 2.73. The highest BCUT2D eigenvalue weighted by Crippen LogP contribution is 2.29. The second-order valence-corrected chi connectivity index (χ2v) is 5.80. The number of rotatable bonds is 4. The van der Waals surface area contributed by atoms with Gasteiger partial charge in [0, 0.05) is 11.3 Å². The van der Waals surface area contributed by atoms with E-state index >= 15 is 0 Å². The minimum atomic E-state index is -0.665. The van der Waals surface area contributed by atoms with Crippen LogP contribution in [0.5, 0.6) is 0 Å². The second-order valence-electron chi connectivity index (χ2n) is 5.80. The maximum atomic E-state index is 11.1. The summed E-state index contributed by atoms with van der Waals surface area (Å²) in [6.45, 7) is 0. The molecule has 0 saturated heterocycles. The largest absolute Gasteiger partial charge is 0.460 e. The minimum absolute atomic E-state index is 0.357. The summed E-state index contributed by atoms with van der Waals surface area (Å²) in [5, 5.41) is 5.82. The van der Waals surface area contributed by atoms with Gasteiger partial charge in [-0.2, -0.15) is 10.1 Å². The molecule has 0 saturated carbocycles. The SMILES string of the molecule is Nc1ccc(-c2nc(=O)o[nH]2)cc1Nc1cccc(-c2ccccc2)c1. The summed E-state index contributed by atoms with van der Waals surface area (Å²) < 4.78 is 4.63. The van der Waals surface area contributed by atoms with E-state index in [0.717, 1.165) is 22.5 Å². The Morgan fingerprint density at radius 3 is 2.46 bits per heavy atom. The number of nitrogens with one attached hydrogen (secondary N) is 2. The van der Waals surface area contributed by atoms with Gasteiger partial charge in [0.1, 0.15) is 0 Å². The van der Waals surface area contributed by atoms with Crippen molar-refractivity contribution in [1.82, 2.24) is 10.1 Å². The maximum Gasteiger partial charge on any atom is 0.460 e. The van der Waals surface area contributed by atoms with E-state index in [1.54, 1.807) is 12.1 Å². The summed E-state index contributed by atoms with van der Waals surface area (Å²) in [5.74, 6) is -0.307. The minimum Gasteiger partial charge on any atom is -0.397 e. The molecule has 6 heteroatoms. The van der Waals surface area contributed by atoms with Crippen LogP contribution in [0, 0.1) is 0 Å². The van der Waals surface area contributed by atoms with Crippen molar-refractivity contribution in [3.8, 4) is 22.5 Å². The maximum absolute atomic E-state index is 11.1. The lowest BCUT2D eigenvalue weighted by molar-refractivity contribution is 0.388. The summed E-state index contributed by atoms with van der Waals surface area (Å²) in [6.07, 6.45) is 0. The number of nitrogens with two attached hydrogens (primary N) is 1. The van der Waals surface area contributed by atoms with Crippen LogP contribution >= 0.6 is 0 Å². The average Bonchev–Trinajstić information content (AvgIpc) is 3.11. The van der Waals surface area contributed by atoms with Crippen molar-refractivity contribution in [2.24, 2.45) is 0 Å². The van der Waals surface area contributed by atoms with Crippen LogP contribution in [0.4, 0.5) is 17.1 Å². The molecule has 0 aliphatic heterocycles. The molecular formula is C20H16N4O2. The first-order chi connectivity index (χ1) is 12.7. The van der Waals surface area contributed by atoms with Gasteiger partial charge in [-0.05, 0) is 41.5 Å². The van der Waals surface area contributed by atoms with Crippen molar-refractivity contribution in [2.45, 2.75) is 0 Å². The number of nitrogens with zero attached hydrogens (tertiary/aromatic N) is 1. The molecular weight excluding hydrogens is 328 g/mol. The standard InChI is InChI=1S/C20H16N4O2/c21-17-10-9-15(19-23-20(25)26-24-19)12-18(17)22-16-8-4-7-14(11-16)13-5-2-1-3-6-13/h1-12,22H,21H2,(H,23,24,25). The summed E-state index contributed by atoms with van der Waals surface area (Å²) in [4.78, 5) is 14.9. The predicted molar refractivity (Wildman–Crippen MR) is 102 cm³/mol. The third kappa shape index (κ3) is 3.21. The zero-order valence-electron chi connectivity index (χ0n) is 13.8. The molecule has 26 heavy (non-hydrogen) atoms. The Labute approximate surface area is 149 Å². The van der Waals surface area contributed by atoms with Crippen LogP contribution in [-0.2, 0) is 0 Å². The number of hydrogen-bond donors (Lipinski definition) is 3. The summed E-state index contributed by atoms with van der Waals surface area (Å²) in [5.41, 5.74) is 11.2. The lowest BCUT2D eigenvalue weighted by atomic mass is 10.1. The normalized spacial score (nSPS) is 10.6. The molecule has 0 spiro atoms. The van der Waals surface area contributed by atoms with E-state index in [4.69, 9.17) is 5.73 Å². The number of aromatic nitrogens is 2. The van der Waals surface area contributed by atoms with E-state index in [-0.39, 0.29) is 0 Å². The first kappa shape index (κ1) is 15.7. The first-order valence-corrected chi connectivity index (χ1v) is 8.07. The lowest BCUT2D eigenvalue weighted by Crippen LogP contribution is -1.98. The Kier molecular flexibility index (Phi) is 3.99. The van der Waals surface area contributed by atoms with Crippen LogP contribution in [0.25, 0.3) is 22.5 Å². The number of benzene rings is 3. The van der Waals surface area contributed by atoms with E-state index in [9.17, 15) is 4.79 Å². The van der Waals surface area contributed by atoms with E-state index in [1.807, 2.05) is 36.4 Å². The van der Waals surface area contributed by atoms with Gasteiger partial charge in [-0.15, -0.1) is 0 Å². The van der Waals surface area contributed by atoms with E-state index < -0.39 is 5.76 Å². The Hall–Kier alpha value is -3.80. The zero-order valence-corrected chi connectivity index (χ0v) is 13.8. The molecule has 4 aromatic rings. The van der Waals surface area contributed by atoms with Gasteiger partial charge in [-0.3, -0.25) is 0 Å². The third-order valence-corrected chi connectivity index (χ3v) is 4.01. The third-order valence-electron chi connectivity index (χ3n) is 4.01. The Balaban J connectivity index is 1.66. The van der Waals surface area contributed by atoms with Crippen LogP contribution < -0.4 is 16.8 Å². The number of aromatic amines is 1. The quantitative estimate of drug-likeness (QED) is 0.486. The van der Waals surface area contributed by atoms with Crippen molar-refractivity contribution in [3.63, 3.8) is 0 Å². The lowest BCUT2D eigenvalue weighted by Gasteiger charge is -2.12. The number of H-pyrrole nitrogens is 1. The molecule has 4 rings (SSSR count). The van der Waals surface area contributed by atoms with Crippen molar-refractivity contribution < 1.29 is 4.52 Å². The van der Waals surface area contributed by atoms with Crippen molar-refractivity contribution >= 4 is 17.1 Å². The average molecular weight is 344 g/mol. The molecule has 1 aromatic heterocycles. The summed E-state index contributed by atoms with van der Waals surface area (Å²) in [6, 6.07) is 23.6. The number of anilines is 3. The molecule has 0 bridgehead atoms. The van der Waals surface area contributed by atoms with Gasteiger partial charge in [0.05, 0.1) is 11.4 Å². The molecule has 0 fully saturated rings.